The van der Waals surface area contributed by atoms with Crippen molar-refractivity contribution in [3.05, 3.63) is 6.20 Å². The first-order valence-electron chi connectivity index (χ1n) is 4.52. The third-order valence-electron chi connectivity index (χ3n) is 1.84. The first-order chi connectivity index (χ1) is 7.15. The molecule has 1 aromatic heterocycles. The lowest BCUT2D eigenvalue weighted by Gasteiger charge is -2.12. The van der Waals surface area contributed by atoms with Gasteiger partial charge in [0, 0.05) is 11.5 Å². The Labute approximate surface area is 97.2 Å². The number of hydrogen-bond donors (Lipinski definition) is 2. The van der Waals surface area contributed by atoms with Crippen LogP contribution in [0.5, 0.6) is 0 Å². The zero-order valence-corrected chi connectivity index (χ0v) is 9.90. The van der Waals surface area contributed by atoms with Crippen molar-refractivity contribution in [1.82, 2.24) is 9.59 Å². The zero-order valence-electron chi connectivity index (χ0n) is 8.27. The maximum absolute atomic E-state index is 11.7. The van der Waals surface area contributed by atoms with Gasteiger partial charge in [0.25, 0.3) is 0 Å². The molecular weight excluding hydrogens is 232 g/mol. The van der Waals surface area contributed by atoms with Gasteiger partial charge in [-0.25, -0.2) is 0 Å². The zero-order chi connectivity index (χ0) is 11.3. The number of nitrogens with zero attached hydrogens (tertiary/aromatic N) is 2. The second kappa shape index (κ2) is 5.72. The van der Waals surface area contributed by atoms with Crippen molar-refractivity contribution < 1.29 is 4.79 Å². The van der Waals surface area contributed by atoms with Gasteiger partial charge >= 0.3 is 0 Å². The molecule has 15 heavy (non-hydrogen) atoms. The minimum Gasteiger partial charge on any atom is -0.393 e. The average Bonchev–Trinajstić information content (AvgIpc) is 2.65. The Hall–Kier alpha value is -1.08. The predicted molar refractivity (Wildman–Crippen MR) is 63.7 cm³/mol. The summed E-state index contributed by atoms with van der Waals surface area (Å²) in [6.45, 7) is 1.98. The molecule has 1 amide bonds. The van der Waals surface area contributed by atoms with Crippen LogP contribution in [0.2, 0.25) is 0 Å². The van der Waals surface area contributed by atoms with E-state index in [4.69, 9.17) is 18.0 Å². The lowest BCUT2D eigenvalue weighted by Crippen LogP contribution is -2.32. The predicted octanol–water partition coefficient (Wildman–Crippen LogP) is 1.18. The summed E-state index contributed by atoms with van der Waals surface area (Å²) in [5.41, 5.74) is 5.50. The van der Waals surface area contributed by atoms with Gasteiger partial charge in [0.2, 0.25) is 5.91 Å². The number of nitrogens with two attached hydrogens (primary N) is 1. The Bertz CT molecular complexity index is 338. The normalized spacial score (nSPS) is 12.1. The lowest BCUT2D eigenvalue weighted by molar-refractivity contribution is -0.118. The summed E-state index contributed by atoms with van der Waals surface area (Å²) in [5, 5.41) is 6.90. The van der Waals surface area contributed by atoms with Gasteiger partial charge in [0.1, 0.15) is 5.00 Å². The molecule has 1 unspecified atom stereocenters. The van der Waals surface area contributed by atoms with Crippen molar-refractivity contribution >= 4 is 39.6 Å². The lowest BCUT2D eigenvalue weighted by atomic mass is 10.0. The van der Waals surface area contributed by atoms with Gasteiger partial charge in [-0.2, -0.15) is 0 Å². The summed E-state index contributed by atoms with van der Waals surface area (Å²) >= 11 is 5.96. The molecule has 0 aromatic carbocycles. The number of nitrogens with one attached hydrogen (secondary N) is 1. The standard InChI is InChI=1S/C8H12N4OS2/c1-2-3-5(7(9)14)8(13)11-6-4-10-12-15-6/h4-5H,2-3H2,1H3,(H2,9,14)(H,11,13). The van der Waals surface area contributed by atoms with E-state index >= 15 is 0 Å². The molecule has 1 heterocycles. The quantitative estimate of drug-likeness (QED) is 0.760. The summed E-state index contributed by atoms with van der Waals surface area (Å²) in [7, 11) is 0. The van der Waals surface area contributed by atoms with Crippen LogP contribution >= 0.6 is 23.8 Å². The van der Waals surface area contributed by atoms with E-state index in [0.29, 0.717) is 11.4 Å². The fourth-order valence-corrected chi connectivity index (χ4v) is 1.77. The van der Waals surface area contributed by atoms with Crippen LogP contribution in [0.15, 0.2) is 6.20 Å². The van der Waals surface area contributed by atoms with Crippen molar-refractivity contribution in [2.24, 2.45) is 11.7 Å². The van der Waals surface area contributed by atoms with E-state index in [1.165, 1.54) is 6.20 Å². The van der Waals surface area contributed by atoms with Crippen LogP contribution in [0.3, 0.4) is 0 Å². The Morgan fingerprint density at radius 2 is 2.53 bits per heavy atom. The number of hydrogen-bond acceptors (Lipinski definition) is 5. The number of aromatic nitrogens is 2. The molecule has 1 rings (SSSR count). The maximum Gasteiger partial charge on any atom is 0.234 e. The molecule has 0 radical (unpaired) electrons. The number of anilines is 1. The molecule has 1 atom stereocenters. The van der Waals surface area contributed by atoms with E-state index in [0.717, 1.165) is 18.0 Å². The number of carbonyl (C=O) groups is 1. The molecule has 0 aliphatic heterocycles. The number of carbonyl (C=O) groups excluding carboxylic acids is 1. The third-order valence-corrected chi connectivity index (χ3v) is 2.71. The van der Waals surface area contributed by atoms with E-state index < -0.39 is 5.92 Å². The average molecular weight is 244 g/mol. The van der Waals surface area contributed by atoms with Gasteiger partial charge in [-0.1, -0.05) is 30.1 Å². The number of amides is 1. The van der Waals surface area contributed by atoms with Crippen LogP contribution in [-0.4, -0.2) is 20.5 Å². The number of thiocarbonyl (C=S) groups is 1. The SMILES string of the molecule is CCCC(C(=O)Nc1cnns1)C(N)=S. The molecule has 3 N–H and O–H groups in total. The summed E-state index contributed by atoms with van der Waals surface area (Å²) < 4.78 is 3.64. The summed E-state index contributed by atoms with van der Waals surface area (Å²) in [5.74, 6) is -0.595. The van der Waals surface area contributed by atoms with Crippen LogP contribution in [0.4, 0.5) is 5.00 Å². The second-order valence-electron chi connectivity index (χ2n) is 3.01. The second-order valence-corrected chi connectivity index (χ2v) is 4.27. The Balaban J connectivity index is 2.60. The monoisotopic (exact) mass is 244 g/mol. The molecule has 0 bridgehead atoms. The molecule has 0 saturated heterocycles. The molecule has 5 nitrogen and oxygen atoms in total. The van der Waals surface area contributed by atoms with E-state index in [-0.39, 0.29) is 10.9 Å². The van der Waals surface area contributed by atoms with Crippen LogP contribution in [0.1, 0.15) is 19.8 Å². The van der Waals surface area contributed by atoms with E-state index in [2.05, 4.69) is 14.9 Å². The summed E-state index contributed by atoms with van der Waals surface area (Å²) in [6, 6.07) is 0. The van der Waals surface area contributed by atoms with Gasteiger partial charge < -0.3 is 11.1 Å². The fourth-order valence-electron chi connectivity index (χ4n) is 1.12. The molecule has 0 aliphatic carbocycles. The minimum absolute atomic E-state index is 0.185. The first kappa shape index (κ1) is 12.0. The van der Waals surface area contributed by atoms with Crippen molar-refractivity contribution in [3.8, 4) is 0 Å². The molecular formula is C8H12N4OS2. The summed E-state index contributed by atoms with van der Waals surface area (Å²) in [4.78, 5) is 11.9. The van der Waals surface area contributed by atoms with Crippen molar-refractivity contribution in [1.29, 1.82) is 0 Å². The molecule has 1 aromatic rings. The highest BCUT2D eigenvalue weighted by Crippen LogP contribution is 2.14. The Kier molecular flexibility index (Phi) is 4.57. The van der Waals surface area contributed by atoms with Crippen molar-refractivity contribution in [3.63, 3.8) is 0 Å². The summed E-state index contributed by atoms with van der Waals surface area (Å²) in [6.07, 6.45) is 3.01. The molecule has 0 saturated carbocycles. The first-order valence-corrected chi connectivity index (χ1v) is 5.70. The molecule has 7 heteroatoms. The molecule has 0 spiro atoms. The third kappa shape index (κ3) is 3.52. The van der Waals surface area contributed by atoms with Crippen LogP contribution in [0.25, 0.3) is 0 Å². The van der Waals surface area contributed by atoms with E-state index in [1.54, 1.807) is 0 Å². The van der Waals surface area contributed by atoms with Gasteiger partial charge in [0.15, 0.2) is 0 Å². The van der Waals surface area contributed by atoms with Crippen molar-refractivity contribution in [2.45, 2.75) is 19.8 Å². The number of rotatable bonds is 5. The Morgan fingerprint density at radius 3 is 3.00 bits per heavy atom. The largest absolute Gasteiger partial charge is 0.393 e. The van der Waals surface area contributed by atoms with E-state index in [9.17, 15) is 4.79 Å². The molecule has 0 aliphatic rings. The Morgan fingerprint density at radius 1 is 1.80 bits per heavy atom. The van der Waals surface area contributed by atoms with Gasteiger partial charge in [-0.05, 0) is 6.42 Å². The molecule has 0 fully saturated rings. The van der Waals surface area contributed by atoms with Gasteiger partial charge in [0.05, 0.1) is 17.1 Å². The van der Waals surface area contributed by atoms with Gasteiger partial charge in [-0.15, -0.1) is 5.10 Å². The molecule has 82 valence electrons. The topological polar surface area (TPSA) is 80.9 Å². The highest BCUT2D eigenvalue weighted by molar-refractivity contribution is 7.80. The van der Waals surface area contributed by atoms with Crippen molar-refractivity contribution in [2.75, 3.05) is 5.32 Å². The van der Waals surface area contributed by atoms with Crippen LogP contribution < -0.4 is 11.1 Å². The smallest absolute Gasteiger partial charge is 0.234 e. The minimum atomic E-state index is -0.410. The van der Waals surface area contributed by atoms with Crippen LogP contribution in [-0.2, 0) is 4.79 Å². The highest BCUT2D eigenvalue weighted by Gasteiger charge is 2.20. The van der Waals surface area contributed by atoms with E-state index in [1.807, 2.05) is 6.92 Å². The fraction of sp³-hybridized carbons (Fsp3) is 0.500. The maximum atomic E-state index is 11.7. The van der Waals surface area contributed by atoms with Gasteiger partial charge in [-0.3, -0.25) is 4.79 Å². The van der Waals surface area contributed by atoms with Crippen LogP contribution in [0, 0.1) is 5.92 Å². The highest BCUT2D eigenvalue weighted by atomic mass is 32.1.